The molecular formula is C13H17NO3. The molecule has 1 aromatic carbocycles. The molecule has 0 heterocycles. The van der Waals surface area contributed by atoms with Gasteiger partial charge in [0.15, 0.2) is 0 Å². The summed E-state index contributed by atoms with van der Waals surface area (Å²) < 4.78 is 5.58. The molecule has 1 aromatic rings. The second-order valence-electron chi connectivity index (χ2n) is 3.81. The minimum atomic E-state index is -0.762. The van der Waals surface area contributed by atoms with E-state index in [2.05, 4.69) is 6.58 Å². The lowest BCUT2D eigenvalue weighted by molar-refractivity contribution is -0.532. The fourth-order valence-corrected chi connectivity index (χ4v) is 1.55. The minimum absolute atomic E-state index is 0.314. The topological polar surface area (TPSA) is 52.4 Å². The van der Waals surface area contributed by atoms with Gasteiger partial charge in [-0.05, 0) is 12.0 Å². The predicted octanol–water partition coefficient (Wildman–Crippen LogP) is 2.99. The zero-order valence-corrected chi connectivity index (χ0v) is 9.91. The highest BCUT2D eigenvalue weighted by Gasteiger charge is 2.28. The van der Waals surface area contributed by atoms with Gasteiger partial charge in [0.25, 0.3) is 0 Å². The SMILES string of the molecule is C=CCCO[C@H](c1ccccc1)[C@@H](C)[N+](=O)[O-]. The van der Waals surface area contributed by atoms with Gasteiger partial charge < -0.3 is 4.74 Å². The van der Waals surface area contributed by atoms with Crippen LogP contribution in [0.5, 0.6) is 0 Å². The molecule has 4 nitrogen and oxygen atoms in total. The second-order valence-corrected chi connectivity index (χ2v) is 3.81. The van der Waals surface area contributed by atoms with Crippen molar-refractivity contribution in [3.63, 3.8) is 0 Å². The van der Waals surface area contributed by atoms with E-state index in [1.165, 1.54) is 0 Å². The zero-order chi connectivity index (χ0) is 12.7. The molecule has 0 fully saturated rings. The van der Waals surface area contributed by atoms with Crippen LogP contribution in [-0.4, -0.2) is 17.6 Å². The molecule has 0 saturated heterocycles. The van der Waals surface area contributed by atoms with Crippen LogP contribution in [0.2, 0.25) is 0 Å². The summed E-state index contributed by atoms with van der Waals surface area (Å²) in [4.78, 5) is 10.5. The molecule has 0 radical (unpaired) electrons. The lowest BCUT2D eigenvalue weighted by Crippen LogP contribution is -2.26. The maximum atomic E-state index is 10.9. The third-order valence-electron chi connectivity index (χ3n) is 2.52. The Morgan fingerprint density at radius 2 is 2.12 bits per heavy atom. The second kappa shape index (κ2) is 6.81. The van der Waals surface area contributed by atoms with Gasteiger partial charge in [-0.25, -0.2) is 0 Å². The predicted molar refractivity (Wildman–Crippen MR) is 66.4 cm³/mol. The first-order valence-corrected chi connectivity index (χ1v) is 5.57. The number of hydrogen-bond donors (Lipinski definition) is 0. The minimum Gasteiger partial charge on any atom is -0.366 e. The zero-order valence-electron chi connectivity index (χ0n) is 9.91. The normalized spacial score (nSPS) is 13.9. The van der Waals surface area contributed by atoms with E-state index in [1.54, 1.807) is 13.0 Å². The summed E-state index contributed by atoms with van der Waals surface area (Å²) in [6.45, 7) is 5.60. The van der Waals surface area contributed by atoms with Crippen molar-refractivity contribution in [3.8, 4) is 0 Å². The molecule has 0 spiro atoms. The fourth-order valence-electron chi connectivity index (χ4n) is 1.55. The highest BCUT2D eigenvalue weighted by Crippen LogP contribution is 2.23. The van der Waals surface area contributed by atoms with Crippen LogP contribution in [0.1, 0.15) is 25.0 Å². The van der Waals surface area contributed by atoms with Crippen molar-refractivity contribution in [1.82, 2.24) is 0 Å². The Bertz CT molecular complexity index is 364. The van der Waals surface area contributed by atoms with Crippen molar-refractivity contribution in [2.45, 2.75) is 25.5 Å². The number of nitrogens with zero attached hydrogens (tertiary/aromatic N) is 1. The van der Waals surface area contributed by atoms with Crippen molar-refractivity contribution in [2.24, 2.45) is 0 Å². The van der Waals surface area contributed by atoms with Crippen molar-refractivity contribution in [1.29, 1.82) is 0 Å². The Kier molecular flexibility index (Phi) is 5.36. The molecule has 17 heavy (non-hydrogen) atoms. The van der Waals surface area contributed by atoms with Gasteiger partial charge >= 0.3 is 0 Å². The molecule has 92 valence electrons. The Morgan fingerprint density at radius 1 is 1.47 bits per heavy atom. The number of benzene rings is 1. The van der Waals surface area contributed by atoms with E-state index in [0.29, 0.717) is 13.0 Å². The molecule has 0 amide bonds. The van der Waals surface area contributed by atoms with Gasteiger partial charge in [0, 0.05) is 11.8 Å². The summed E-state index contributed by atoms with van der Waals surface area (Å²) in [5.74, 6) is 0. The molecule has 0 aliphatic carbocycles. The number of ether oxygens (including phenoxy) is 1. The molecule has 1 rings (SSSR count). The maximum absolute atomic E-state index is 10.9. The van der Waals surface area contributed by atoms with Crippen LogP contribution in [0.15, 0.2) is 43.0 Å². The Morgan fingerprint density at radius 3 is 2.65 bits per heavy atom. The summed E-state index contributed by atoms with van der Waals surface area (Å²) in [7, 11) is 0. The monoisotopic (exact) mass is 235 g/mol. The third kappa shape index (κ3) is 4.00. The van der Waals surface area contributed by atoms with Crippen LogP contribution in [-0.2, 0) is 4.74 Å². The molecule has 2 atom stereocenters. The van der Waals surface area contributed by atoms with E-state index in [9.17, 15) is 10.1 Å². The third-order valence-corrected chi connectivity index (χ3v) is 2.52. The molecule has 0 saturated carbocycles. The molecule has 0 bridgehead atoms. The van der Waals surface area contributed by atoms with E-state index in [-0.39, 0.29) is 4.92 Å². The average Bonchev–Trinajstić information content (AvgIpc) is 2.35. The first-order valence-electron chi connectivity index (χ1n) is 5.57. The molecule has 0 N–H and O–H groups in total. The Hall–Kier alpha value is -1.68. The quantitative estimate of drug-likeness (QED) is 0.316. The highest BCUT2D eigenvalue weighted by atomic mass is 16.6. The van der Waals surface area contributed by atoms with Crippen molar-refractivity contribution in [2.75, 3.05) is 6.61 Å². The van der Waals surface area contributed by atoms with Crippen molar-refractivity contribution >= 4 is 0 Å². The van der Waals surface area contributed by atoms with E-state index in [0.717, 1.165) is 5.56 Å². The molecule has 0 unspecified atom stereocenters. The Labute approximate surface area is 101 Å². The summed E-state index contributed by atoms with van der Waals surface area (Å²) >= 11 is 0. The largest absolute Gasteiger partial charge is 0.366 e. The van der Waals surface area contributed by atoms with Gasteiger partial charge in [-0.2, -0.15) is 0 Å². The van der Waals surface area contributed by atoms with Crippen LogP contribution in [0.25, 0.3) is 0 Å². The summed E-state index contributed by atoms with van der Waals surface area (Å²) in [6, 6.07) is 8.51. The first kappa shape index (κ1) is 13.4. The van der Waals surface area contributed by atoms with E-state index < -0.39 is 12.1 Å². The van der Waals surface area contributed by atoms with Crippen LogP contribution < -0.4 is 0 Å². The lowest BCUT2D eigenvalue weighted by atomic mass is 10.0. The smallest absolute Gasteiger partial charge is 0.240 e. The summed E-state index contributed by atoms with van der Waals surface area (Å²) in [5, 5.41) is 10.9. The van der Waals surface area contributed by atoms with E-state index in [1.807, 2.05) is 30.3 Å². The highest BCUT2D eigenvalue weighted by molar-refractivity contribution is 5.18. The molecule has 4 heteroatoms. The van der Waals surface area contributed by atoms with Gasteiger partial charge in [-0.15, -0.1) is 6.58 Å². The van der Waals surface area contributed by atoms with Crippen LogP contribution >= 0.6 is 0 Å². The van der Waals surface area contributed by atoms with Crippen LogP contribution in [0.4, 0.5) is 0 Å². The number of hydrogen-bond acceptors (Lipinski definition) is 3. The van der Waals surface area contributed by atoms with Gasteiger partial charge in [-0.3, -0.25) is 10.1 Å². The van der Waals surface area contributed by atoms with Crippen LogP contribution in [0.3, 0.4) is 0 Å². The molecule has 0 aliphatic rings. The average molecular weight is 235 g/mol. The molecular weight excluding hydrogens is 218 g/mol. The lowest BCUT2D eigenvalue weighted by Gasteiger charge is -2.19. The van der Waals surface area contributed by atoms with Gasteiger partial charge in [-0.1, -0.05) is 36.4 Å². The van der Waals surface area contributed by atoms with Gasteiger partial charge in [0.2, 0.25) is 6.04 Å². The van der Waals surface area contributed by atoms with E-state index in [4.69, 9.17) is 4.74 Å². The van der Waals surface area contributed by atoms with E-state index >= 15 is 0 Å². The molecule has 0 aliphatic heterocycles. The maximum Gasteiger partial charge on any atom is 0.240 e. The van der Waals surface area contributed by atoms with Crippen LogP contribution in [0, 0.1) is 10.1 Å². The van der Waals surface area contributed by atoms with Gasteiger partial charge in [0.05, 0.1) is 6.61 Å². The molecule has 0 aromatic heterocycles. The Balaban J connectivity index is 2.78. The van der Waals surface area contributed by atoms with Crippen molar-refractivity contribution in [3.05, 3.63) is 58.7 Å². The fraction of sp³-hybridized carbons (Fsp3) is 0.385. The first-order chi connectivity index (χ1) is 8.16. The van der Waals surface area contributed by atoms with Gasteiger partial charge in [0.1, 0.15) is 6.10 Å². The summed E-state index contributed by atoms with van der Waals surface area (Å²) in [5.41, 5.74) is 0.834. The number of nitro groups is 1. The standard InChI is InChI=1S/C13H17NO3/c1-3-4-10-17-13(11(2)14(15)16)12-8-6-5-7-9-12/h3,5-9,11,13H,1,4,10H2,2H3/t11-,13+/m1/s1. The van der Waals surface area contributed by atoms with Crippen molar-refractivity contribution < 1.29 is 9.66 Å². The number of rotatable bonds is 7. The summed E-state index contributed by atoms with van der Waals surface area (Å²) in [6.07, 6.45) is 1.92.